The van der Waals surface area contributed by atoms with E-state index in [0.29, 0.717) is 18.9 Å². The number of nitrogens with two attached hydrogens (primary N) is 1. The lowest BCUT2D eigenvalue weighted by molar-refractivity contribution is -0.119. The maximum atomic E-state index is 12.7. The fourth-order valence-corrected chi connectivity index (χ4v) is 3.13. The molecule has 1 aliphatic heterocycles. The first-order valence-corrected chi connectivity index (χ1v) is 8.01. The molecule has 3 nitrogen and oxygen atoms in total. The van der Waals surface area contributed by atoms with Crippen LogP contribution in [0.1, 0.15) is 45.6 Å². The second kappa shape index (κ2) is 6.61. The summed E-state index contributed by atoms with van der Waals surface area (Å²) in [4.78, 5) is 14.6. The predicted molar refractivity (Wildman–Crippen MR) is 88.3 cm³/mol. The smallest absolute Gasteiger partial charge is 0.227 e. The van der Waals surface area contributed by atoms with Gasteiger partial charge in [0.1, 0.15) is 0 Å². The zero-order valence-corrected chi connectivity index (χ0v) is 13.6. The number of carbonyl (C=O) groups excluding carboxylic acids is 1. The molecule has 0 aliphatic carbocycles. The van der Waals surface area contributed by atoms with E-state index in [-0.39, 0.29) is 11.3 Å². The van der Waals surface area contributed by atoms with Gasteiger partial charge in [-0.05, 0) is 48.8 Å². The van der Waals surface area contributed by atoms with E-state index in [4.69, 9.17) is 5.73 Å². The minimum absolute atomic E-state index is 0.144. The average Bonchev–Trinajstić information content (AvgIpc) is 2.44. The summed E-state index contributed by atoms with van der Waals surface area (Å²) in [5, 5.41) is 0. The van der Waals surface area contributed by atoms with Crippen molar-refractivity contribution in [2.75, 3.05) is 18.0 Å². The number of rotatable bonds is 5. The predicted octanol–water partition coefficient (Wildman–Crippen LogP) is 3.37. The van der Waals surface area contributed by atoms with Crippen molar-refractivity contribution in [3.8, 4) is 0 Å². The Labute approximate surface area is 128 Å². The molecule has 1 aromatic rings. The summed E-state index contributed by atoms with van der Waals surface area (Å²) in [6.45, 7) is 8.13. The number of para-hydroxylation sites is 1. The number of nitrogens with zero attached hydrogens (tertiary/aromatic N) is 1. The van der Waals surface area contributed by atoms with Gasteiger partial charge >= 0.3 is 0 Å². The summed E-state index contributed by atoms with van der Waals surface area (Å²) in [6.07, 6.45) is 3.54. The number of amides is 1. The van der Waals surface area contributed by atoms with Gasteiger partial charge in [0.15, 0.2) is 0 Å². The minimum Gasteiger partial charge on any atom is -0.330 e. The van der Waals surface area contributed by atoms with Gasteiger partial charge in [-0.1, -0.05) is 39.0 Å². The Bertz CT molecular complexity index is 496. The molecule has 1 heterocycles. The molecule has 2 rings (SSSR count). The van der Waals surface area contributed by atoms with Gasteiger partial charge in [0.25, 0.3) is 0 Å². The lowest BCUT2D eigenvalue weighted by Crippen LogP contribution is -2.39. The summed E-state index contributed by atoms with van der Waals surface area (Å²) in [6, 6.07) is 8.30. The van der Waals surface area contributed by atoms with Gasteiger partial charge in [0.05, 0.1) is 0 Å². The zero-order chi connectivity index (χ0) is 15.5. The first kappa shape index (κ1) is 16.0. The molecule has 1 aromatic carbocycles. The minimum atomic E-state index is 0.144. The summed E-state index contributed by atoms with van der Waals surface area (Å²) < 4.78 is 0. The molecule has 1 aliphatic rings. The van der Waals surface area contributed by atoms with Crippen molar-refractivity contribution < 1.29 is 4.79 Å². The van der Waals surface area contributed by atoms with E-state index in [9.17, 15) is 4.79 Å². The van der Waals surface area contributed by atoms with Crippen molar-refractivity contribution in [2.24, 2.45) is 17.1 Å². The summed E-state index contributed by atoms with van der Waals surface area (Å²) in [5.74, 6) is 0.778. The third-order valence-electron chi connectivity index (χ3n) is 4.48. The van der Waals surface area contributed by atoms with Crippen LogP contribution in [0.4, 0.5) is 5.69 Å². The first-order chi connectivity index (χ1) is 9.93. The lowest BCUT2D eigenvalue weighted by atomic mass is 9.84. The molecule has 0 fully saturated rings. The molecule has 1 unspecified atom stereocenters. The molecule has 0 aromatic heterocycles. The van der Waals surface area contributed by atoms with E-state index >= 15 is 0 Å². The van der Waals surface area contributed by atoms with E-state index < -0.39 is 0 Å². The highest BCUT2D eigenvalue weighted by molar-refractivity contribution is 5.94. The van der Waals surface area contributed by atoms with Crippen LogP contribution < -0.4 is 10.6 Å². The molecular formula is C18H28N2O. The molecule has 0 radical (unpaired) electrons. The number of hydrogen-bond donors (Lipinski definition) is 1. The maximum Gasteiger partial charge on any atom is 0.227 e. The Morgan fingerprint density at radius 1 is 1.33 bits per heavy atom. The average molecular weight is 288 g/mol. The molecule has 0 saturated heterocycles. The molecule has 0 spiro atoms. The van der Waals surface area contributed by atoms with E-state index in [0.717, 1.165) is 31.5 Å². The van der Waals surface area contributed by atoms with Crippen LogP contribution in [0.25, 0.3) is 0 Å². The van der Waals surface area contributed by atoms with Crippen LogP contribution in [-0.2, 0) is 11.2 Å². The molecule has 21 heavy (non-hydrogen) atoms. The lowest BCUT2D eigenvalue weighted by Gasteiger charge is -2.34. The molecular weight excluding hydrogens is 260 g/mol. The molecule has 2 N–H and O–H groups in total. The van der Waals surface area contributed by atoms with Crippen LogP contribution in [0, 0.1) is 11.3 Å². The Balaban J connectivity index is 2.06. The highest BCUT2D eigenvalue weighted by atomic mass is 16.2. The molecule has 116 valence electrons. The molecule has 3 heteroatoms. The topological polar surface area (TPSA) is 46.3 Å². The largest absolute Gasteiger partial charge is 0.330 e. The second-order valence-electron chi connectivity index (χ2n) is 7.15. The highest BCUT2D eigenvalue weighted by Crippen LogP contribution is 2.32. The van der Waals surface area contributed by atoms with Crippen molar-refractivity contribution in [1.82, 2.24) is 0 Å². The standard InChI is InChI=1S/C18H28N2O/c1-14-12-15-6-4-5-7-16(15)20(13-14)17(21)8-9-18(2,3)10-11-19/h4-7,14H,8-13,19H2,1-3H3. The number of hydrogen-bond acceptors (Lipinski definition) is 2. The van der Waals surface area contributed by atoms with Crippen molar-refractivity contribution in [1.29, 1.82) is 0 Å². The Kier molecular flexibility index (Phi) is 5.04. The number of anilines is 1. The van der Waals surface area contributed by atoms with Crippen LogP contribution in [0.15, 0.2) is 24.3 Å². The van der Waals surface area contributed by atoms with Gasteiger partial charge in [0.2, 0.25) is 5.91 Å². The molecule has 0 bridgehead atoms. The first-order valence-electron chi connectivity index (χ1n) is 8.01. The Hall–Kier alpha value is -1.35. The Morgan fingerprint density at radius 2 is 2.05 bits per heavy atom. The van der Waals surface area contributed by atoms with Crippen LogP contribution in [0.5, 0.6) is 0 Å². The van der Waals surface area contributed by atoms with Crippen molar-refractivity contribution in [3.63, 3.8) is 0 Å². The van der Waals surface area contributed by atoms with E-state index in [1.54, 1.807) is 0 Å². The molecule has 1 atom stereocenters. The van der Waals surface area contributed by atoms with Gasteiger partial charge in [0, 0.05) is 18.7 Å². The van der Waals surface area contributed by atoms with E-state index in [2.05, 4.69) is 39.0 Å². The van der Waals surface area contributed by atoms with Crippen LogP contribution in [0.3, 0.4) is 0 Å². The van der Waals surface area contributed by atoms with Gasteiger partial charge in [-0.15, -0.1) is 0 Å². The van der Waals surface area contributed by atoms with Crippen molar-refractivity contribution >= 4 is 11.6 Å². The fourth-order valence-electron chi connectivity index (χ4n) is 3.13. The van der Waals surface area contributed by atoms with Crippen LogP contribution in [-0.4, -0.2) is 19.0 Å². The number of benzene rings is 1. The zero-order valence-electron chi connectivity index (χ0n) is 13.6. The number of fused-ring (bicyclic) bond motifs is 1. The van der Waals surface area contributed by atoms with Crippen LogP contribution >= 0.6 is 0 Å². The second-order valence-corrected chi connectivity index (χ2v) is 7.15. The SMILES string of the molecule is CC1Cc2ccccc2N(C(=O)CCC(C)(C)CCN)C1. The van der Waals surface area contributed by atoms with Crippen LogP contribution in [0.2, 0.25) is 0 Å². The number of carbonyl (C=O) groups is 1. The molecule has 1 amide bonds. The van der Waals surface area contributed by atoms with Gasteiger partial charge in [-0.25, -0.2) is 0 Å². The van der Waals surface area contributed by atoms with Gasteiger partial charge < -0.3 is 10.6 Å². The van der Waals surface area contributed by atoms with Crippen molar-refractivity contribution in [3.05, 3.63) is 29.8 Å². The summed E-state index contributed by atoms with van der Waals surface area (Å²) in [5.41, 5.74) is 8.20. The van der Waals surface area contributed by atoms with E-state index in [1.165, 1.54) is 5.56 Å². The quantitative estimate of drug-likeness (QED) is 0.903. The van der Waals surface area contributed by atoms with Gasteiger partial charge in [-0.2, -0.15) is 0 Å². The van der Waals surface area contributed by atoms with Gasteiger partial charge in [-0.3, -0.25) is 4.79 Å². The third-order valence-corrected chi connectivity index (χ3v) is 4.48. The fraction of sp³-hybridized carbons (Fsp3) is 0.611. The normalized spacial score (nSPS) is 18.5. The van der Waals surface area contributed by atoms with E-state index in [1.807, 2.05) is 11.0 Å². The van der Waals surface area contributed by atoms with Crippen molar-refractivity contribution in [2.45, 2.75) is 46.5 Å². The molecule has 0 saturated carbocycles. The summed E-state index contributed by atoms with van der Waals surface area (Å²) >= 11 is 0. The summed E-state index contributed by atoms with van der Waals surface area (Å²) in [7, 11) is 0. The Morgan fingerprint density at radius 3 is 2.76 bits per heavy atom. The maximum absolute atomic E-state index is 12.7. The highest BCUT2D eigenvalue weighted by Gasteiger charge is 2.27. The third kappa shape index (κ3) is 4.07. The monoisotopic (exact) mass is 288 g/mol.